The molecule has 0 aromatic carbocycles. The van der Waals surface area contributed by atoms with E-state index in [-0.39, 0.29) is 12.4 Å². The number of nitrogens with two attached hydrogens (primary N) is 1. The predicted molar refractivity (Wildman–Crippen MR) is 54.5 cm³/mol. The Bertz CT molecular complexity index is 225. The van der Waals surface area contributed by atoms with Crippen LogP contribution in [-0.2, 0) is 19.5 Å². The van der Waals surface area contributed by atoms with Crippen LogP contribution in [0.5, 0.6) is 0 Å². The van der Waals surface area contributed by atoms with Gasteiger partial charge in [-0.25, -0.2) is 13.6 Å². The fraction of sp³-hybridized carbons (Fsp3) is 1.00. The zero-order valence-electron chi connectivity index (χ0n) is 8.73. The number of rotatable bonds is 8. The molecule has 0 saturated carbocycles. The quantitative estimate of drug-likeness (QED) is 0.588. The maximum Gasteiger partial charge on any atom is 0.211 e. The summed E-state index contributed by atoms with van der Waals surface area (Å²) in [5, 5.41) is 4.78. The highest BCUT2D eigenvalue weighted by atomic mass is 32.2. The highest BCUT2D eigenvalue weighted by Gasteiger charge is 2.01. The van der Waals surface area contributed by atoms with Gasteiger partial charge in [-0.1, -0.05) is 13.8 Å². The molecule has 0 aliphatic heterocycles. The van der Waals surface area contributed by atoms with E-state index in [9.17, 15) is 8.42 Å². The fourth-order valence-electron chi connectivity index (χ4n) is 0.714. The summed E-state index contributed by atoms with van der Waals surface area (Å²) in [5.74, 6) is 0.358. The van der Waals surface area contributed by atoms with Crippen molar-refractivity contribution < 1.29 is 17.9 Å². The molecule has 2 N–H and O–H groups in total. The molecule has 0 fully saturated rings. The zero-order chi connectivity index (χ0) is 11.0. The van der Waals surface area contributed by atoms with E-state index in [1.165, 1.54) is 0 Å². The minimum absolute atomic E-state index is 0.129. The largest absolute Gasteiger partial charge is 0.379 e. The van der Waals surface area contributed by atoms with Crippen LogP contribution in [0.4, 0.5) is 0 Å². The Kier molecular flexibility index (Phi) is 7.08. The summed E-state index contributed by atoms with van der Waals surface area (Å²) in [6, 6.07) is 0. The maximum atomic E-state index is 10.5. The van der Waals surface area contributed by atoms with Crippen molar-refractivity contribution in [1.82, 2.24) is 0 Å². The second kappa shape index (κ2) is 7.17. The Hall–Kier alpha value is -0.170. The summed E-state index contributed by atoms with van der Waals surface area (Å²) >= 11 is 0. The molecule has 0 aliphatic carbocycles. The zero-order valence-corrected chi connectivity index (χ0v) is 9.55. The van der Waals surface area contributed by atoms with Crippen LogP contribution in [0.15, 0.2) is 0 Å². The summed E-state index contributed by atoms with van der Waals surface area (Å²) in [6.45, 7) is 5.83. The lowest BCUT2D eigenvalue weighted by molar-refractivity contribution is 0.0427. The lowest BCUT2D eigenvalue weighted by atomic mass is 10.2. The topological polar surface area (TPSA) is 78.6 Å². The second-order valence-corrected chi connectivity index (χ2v) is 5.18. The van der Waals surface area contributed by atoms with Crippen LogP contribution in [0.3, 0.4) is 0 Å². The molecule has 0 radical (unpaired) electrons. The van der Waals surface area contributed by atoms with E-state index in [0.29, 0.717) is 25.7 Å². The third-order valence-electron chi connectivity index (χ3n) is 1.34. The summed E-state index contributed by atoms with van der Waals surface area (Å²) in [7, 11) is -3.40. The standard InChI is InChI=1S/C8H19NO4S/c1-8(2)7-13-4-3-12-5-6-14(9,10)11/h8H,3-7H2,1-2H3,(H2,9,10,11). The number of primary sulfonamides is 1. The molecule has 0 rings (SSSR count). The third kappa shape index (κ3) is 11.8. The monoisotopic (exact) mass is 225 g/mol. The first kappa shape index (κ1) is 13.8. The molecule has 0 amide bonds. The summed E-state index contributed by atoms with van der Waals surface area (Å²) in [4.78, 5) is 0. The van der Waals surface area contributed by atoms with Gasteiger partial charge in [-0.2, -0.15) is 0 Å². The van der Waals surface area contributed by atoms with Gasteiger partial charge in [-0.3, -0.25) is 0 Å². The normalized spacial score (nSPS) is 12.3. The van der Waals surface area contributed by atoms with E-state index < -0.39 is 10.0 Å². The van der Waals surface area contributed by atoms with E-state index >= 15 is 0 Å². The number of sulfonamides is 1. The SMILES string of the molecule is CC(C)COCCOCCS(N)(=O)=O. The van der Waals surface area contributed by atoms with Crippen molar-refractivity contribution in [2.45, 2.75) is 13.8 Å². The van der Waals surface area contributed by atoms with Crippen molar-refractivity contribution in [3.63, 3.8) is 0 Å². The van der Waals surface area contributed by atoms with Crippen molar-refractivity contribution in [1.29, 1.82) is 0 Å². The van der Waals surface area contributed by atoms with E-state index in [2.05, 4.69) is 13.8 Å². The van der Waals surface area contributed by atoms with Crippen LogP contribution in [0.25, 0.3) is 0 Å². The molecule has 0 spiro atoms. The van der Waals surface area contributed by atoms with Crippen molar-refractivity contribution in [3.05, 3.63) is 0 Å². The van der Waals surface area contributed by atoms with Crippen LogP contribution in [0.2, 0.25) is 0 Å². The third-order valence-corrected chi connectivity index (χ3v) is 2.07. The van der Waals surface area contributed by atoms with E-state index in [1.807, 2.05) is 0 Å². The predicted octanol–water partition coefficient (Wildman–Crippen LogP) is -0.0359. The van der Waals surface area contributed by atoms with Crippen LogP contribution in [0.1, 0.15) is 13.8 Å². The van der Waals surface area contributed by atoms with Gasteiger partial charge in [0.2, 0.25) is 10.0 Å². The first-order valence-electron chi connectivity index (χ1n) is 4.58. The molecule has 14 heavy (non-hydrogen) atoms. The first-order chi connectivity index (χ1) is 6.42. The van der Waals surface area contributed by atoms with Crippen molar-refractivity contribution in [2.75, 3.05) is 32.2 Å². The molecule has 0 atom stereocenters. The lowest BCUT2D eigenvalue weighted by Crippen LogP contribution is -2.21. The molecule has 0 bridgehead atoms. The Morgan fingerprint density at radius 3 is 2.21 bits per heavy atom. The van der Waals surface area contributed by atoms with Crippen molar-refractivity contribution in [2.24, 2.45) is 11.1 Å². The van der Waals surface area contributed by atoms with Crippen LogP contribution >= 0.6 is 0 Å². The van der Waals surface area contributed by atoms with E-state index in [0.717, 1.165) is 0 Å². The molecule has 0 unspecified atom stereocenters. The molecule has 5 nitrogen and oxygen atoms in total. The van der Waals surface area contributed by atoms with Crippen LogP contribution < -0.4 is 5.14 Å². The molecule has 0 saturated heterocycles. The van der Waals surface area contributed by atoms with Crippen molar-refractivity contribution in [3.8, 4) is 0 Å². The molecule has 0 aromatic rings. The van der Waals surface area contributed by atoms with Gasteiger partial charge in [0.05, 0.1) is 25.6 Å². The van der Waals surface area contributed by atoms with Gasteiger partial charge in [0.15, 0.2) is 0 Å². The summed E-state index contributed by atoms with van der Waals surface area (Å²) in [6.07, 6.45) is 0. The molecular formula is C8H19NO4S. The summed E-state index contributed by atoms with van der Waals surface area (Å²) < 4.78 is 31.2. The lowest BCUT2D eigenvalue weighted by Gasteiger charge is -2.06. The Morgan fingerprint density at radius 2 is 1.71 bits per heavy atom. The summed E-state index contributed by atoms with van der Waals surface area (Å²) in [5.41, 5.74) is 0. The van der Waals surface area contributed by atoms with Crippen LogP contribution in [-0.4, -0.2) is 40.6 Å². The molecule has 0 aromatic heterocycles. The van der Waals surface area contributed by atoms with E-state index in [4.69, 9.17) is 14.6 Å². The van der Waals surface area contributed by atoms with E-state index in [1.54, 1.807) is 0 Å². The van der Waals surface area contributed by atoms with Gasteiger partial charge in [0.25, 0.3) is 0 Å². The minimum atomic E-state index is -3.40. The minimum Gasteiger partial charge on any atom is -0.379 e. The van der Waals surface area contributed by atoms with Gasteiger partial charge in [-0.15, -0.1) is 0 Å². The average Bonchev–Trinajstić information content (AvgIpc) is 2.00. The Balaban J connectivity index is 3.15. The van der Waals surface area contributed by atoms with Gasteiger partial charge >= 0.3 is 0 Å². The average molecular weight is 225 g/mol. The Morgan fingerprint density at radius 1 is 1.14 bits per heavy atom. The highest BCUT2D eigenvalue weighted by Crippen LogP contribution is 1.91. The maximum absolute atomic E-state index is 10.5. The number of hydrogen-bond donors (Lipinski definition) is 1. The van der Waals surface area contributed by atoms with Crippen molar-refractivity contribution >= 4 is 10.0 Å². The molecular weight excluding hydrogens is 206 g/mol. The Labute approximate surface area is 85.6 Å². The molecule has 0 aliphatic rings. The molecule has 6 heteroatoms. The van der Waals surface area contributed by atoms with Gasteiger partial charge < -0.3 is 9.47 Å². The molecule has 0 heterocycles. The van der Waals surface area contributed by atoms with Gasteiger partial charge in [0.1, 0.15) is 0 Å². The molecule has 86 valence electrons. The van der Waals surface area contributed by atoms with Crippen LogP contribution in [0, 0.1) is 5.92 Å². The second-order valence-electron chi connectivity index (χ2n) is 3.45. The highest BCUT2D eigenvalue weighted by molar-refractivity contribution is 7.89. The van der Waals surface area contributed by atoms with Gasteiger partial charge in [-0.05, 0) is 5.92 Å². The smallest absolute Gasteiger partial charge is 0.211 e. The fourth-order valence-corrected chi connectivity index (χ4v) is 1.06. The first-order valence-corrected chi connectivity index (χ1v) is 6.29. The van der Waals surface area contributed by atoms with Gasteiger partial charge in [0, 0.05) is 6.61 Å². The number of ether oxygens (including phenoxy) is 2. The number of hydrogen-bond acceptors (Lipinski definition) is 4.